The number of carbonyl (C=O) groups excluding carboxylic acids is 1. The van der Waals surface area contributed by atoms with Crippen LogP contribution in [-0.2, 0) is 0 Å². The molecule has 0 radical (unpaired) electrons. The summed E-state index contributed by atoms with van der Waals surface area (Å²) in [5.74, 6) is 1.99. The highest BCUT2D eigenvalue weighted by molar-refractivity contribution is 5.94. The average Bonchev–Trinajstić information content (AvgIpc) is 3.19. The Bertz CT molecular complexity index is 964. The van der Waals surface area contributed by atoms with Crippen molar-refractivity contribution in [1.29, 1.82) is 0 Å². The zero-order valence-electron chi connectivity index (χ0n) is 21.2. The smallest absolute Gasteiger partial charge is 0.253 e. The Labute approximate surface area is 209 Å². The number of carbonyl (C=O) groups is 1. The number of piperidine rings is 2. The second-order valence-corrected chi connectivity index (χ2v) is 10.5. The van der Waals surface area contributed by atoms with Crippen LogP contribution >= 0.6 is 0 Å². The van der Waals surface area contributed by atoms with Gasteiger partial charge < -0.3 is 15.1 Å². The maximum absolute atomic E-state index is 12.9. The Morgan fingerprint density at radius 3 is 2.37 bits per heavy atom. The Balaban J connectivity index is 1.13. The molecule has 2 aromatic rings. The predicted octanol–water partition coefficient (Wildman–Crippen LogP) is 4.35. The first-order valence-corrected chi connectivity index (χ1v) is 13.6. The molecule has 5 rings (SSSR count). The minimum absolute atomic E-state index is 0.170. The lowest BCUT2D eigenvalue weighted by atomic mass is 9.97. The normalized spacial score (nSPS) is 22.6. The van der Waals surface area contributed by atoms with Crippen LogP contribution in [0, 0.1) is 6.92 Å². The molecular formula is C28H40N6O. The van der Waals surface area contributed by atoms with Crippen LogP contribution in [0.2, 0.25) is 0 Å². The lowest BCUT2D eigenvalue weighted by molar-refractivity contribution is 0.0580. The standard InChI is InChI=1S/C28H40N6O/c1-22-8-10-23(11-9-22)27(35)33-19-13-25(14-20-33)34-18-6-7-24(21-34)30-28-29-15-12-26(31-28)32-16-4-2-3-5-17-32/h8-12,15,24-25H,2-7,13-14,16-21H2,1H3,(H,29,30,31). The second-order valence-electron chi connectivity index (χ2n) is 10.5. The van der Waals surface area contributed by atoms with E-state index < -0.39 is 0 Å². The number of likely N-dealkylation sites (tertiary alicyclic amines) is 2. The van der Waals surface area contributed by atoms with Gasteiger partial charge in [-0.15, -0.1) is 0 Å². The molecule has 0 aliphatic carbocycles. The number of rotatable bonds is 5. The highest BCUT2D eigenvalue weighted by Crippen LogP contribution is 2.24. The van der Waals surface area contributed by atoms with Gasteiger partial charge in [0.2, 0.25) is 5.95 Å². The lowest BCUT2D eigenvalue weighted by Crippen LogP contribution is -2.52. The molecule has 1 aromatic heterocycles. The number of benzene rings is 1. The van der Waals surface area contributed by atoms with E-state index in [9.17, 15) is 4.79 Å². The van der Waals surface area contributed by atoms with Crippen molar-refractivity contribution in [1.82, 2.24) is 19.8 Å². The number of hydrogen-bond donors (Lipinski definition) is 1. The van der Waals surface area contributed by atoms with Crippen LogP contribution in [-0.4, -0.2) is 77.0 Å². The minimum atomic E-state index is 0.170. The van der Waals surface area contributed by atoms with Crippen LogP contribution in [0.4, 0.5) is 11.8 Å². The molecule has 7 nitrogen and oxygen atoms in total. The molecule has 0 bridgehead atoms. The maximum Gasteiger partial charge on any atom is 0.253 e. The summed E-state index contributed by atoms with van der Waals surface area (Å²) in [6.45, 7) is 8.09. The third-order valence-electron chi connectivity index (χ3n) is 7.92. The molecular weight excluding hydrogens is 436 g/mol. The molecule has 0 saturated carbocycles. The Kier molecular flexibility index (Phi) is 7.82. The third kappa shape index (κ3) is 6.13. The van der Waals surface area contributed by atoms with Crippen LogP contribution in [0.15, 0.2) is 36.5 Å². The molecule has 3 fully saturated rings. The summed E-state index contributed by atoms with van der Waals surface area (Å²) in [6.07, 6.45) is 11.5. The van der Waals surface area contributed by atoms with Crippen molar-refractivity contribution in [2.24, 2.45) is 0 Å². The lowest BCUT2D eigenvalue weighted by Gasteiger charge is -2.42. The molecule has 4 heterocycles. The quantitative estimate of drug-likeness (QED) is 0.692. The van der Waals surface area contributed by atoms with Crippen LogP contribution in [0.1, 0.15) is 67.3 Å². The van der Waals surface area contributed by atoms with E-state index in [4.69, 9.17) is 4.98 Å². The van der Waals surface area contributed by atoms with Gasteiger partial charge in [0.05, 0.1) is 0 Å². The first-order valence-electron chi connectivity index (χ1n) is 13.6. The van der Waals surface area contributed by atoms with Gasteiger partial charge in [-0.05, 0) is 70.2 Å². The van der Waals surface area contributed by atoms with Crippen molar-refractivity contribution in [3.63, 3.8) is 0 Å². The van der Waals surface area contributed by atoms with E-state index in [1.54, 1.807) is 0 Å². The molecule has 1 aromatic carbocycles. The highest BCUT2D eigenvalue weighted by Gasteiger charge is 2.30. The van der Waals surface area contributed by atoms with E-state index >= 15 is 0 Å². The van der Waals surface area contributed by atoms with Gasteiger partial charge >= 0.3 is 0 Å². The predicted molar refractivity (Wildman–Crippen MR) is 141 cm³/mol. The average molecular weight is 477 g/mol. The van der Waals surface area contributed by atoms with Gasteiger partial charge in [-0.3, -0.25) is 9.69 Å². The van der Waals surface area contributed by atoms with Crippen molar-refractivity contribution >= 4 is 17.7 Å². The van der Waals surface area contributed by atoms with Crippen molar-refractivity contribution in [2.75, 3.05) is 49.5 Å². The van der Waals surface area contributed by atoms with Gasteiger partial charge in [-0.2, -0.15) is 4.98 Å². The summed E-state index contributed by atoms with van der Waals surface area (Å²) in [5, 5.41) is 3.64. The number of anilines is 2. The SMILES string of the molecule is Cc1ccc(C(=O)N2CCC(N3CCCC(Nc4nccc(N5CCCCCC5)n4)C3)CC2)cc1. The minimum Gasteiger partial charge on any atom is -0.356 e. The molecule has 1 unspecified atom stereocenters. The molecule has 7 heteroatoms. The van der Waals surface area contributed by atoms with E-state index in [0.717, 1.165) is 75.9 Å². The largest absolute Gasteiger partial charge is 0.356 e. The van der Waals surface area contributed by atoms with Gasteiger partial charge in [-0.25, -0.2) is 4.98 Å². The van der Waals surface area contributed by atoms with E-state index in [1.165, 1.54) is 37.7 Å². The number of nitrogens with one attached hydrogen (secondary N) is 1. The Morgan fingerprint density at radius 2 is 1.63 bits per heavy atom. The second kappa shape index (κ2) is 11.4. The van der Waals surface area contributed by atoms with E-state index in [-0.39, 0.29) is 5.91 Å². The summed E-state index contributed by atoms with van der Waals surface area (Å²) in [4.78, 5) is 29.4. The molecule has 3 aliphatic rings. The van der Waals surface area contributed by atoms with Crippen LogP contribution in [0.3, 0.4) is 0 Å². The molecule has 1 atom stereocenters. The summed E-state index contributed by atoms with van der Waals surface area (Å²) >= 11 is 0. The fraction of sp³-hybridized carbons (Fsp3) is 0.607. The summed E-state index contributed by atoms with van der Waals surface area (Å²) in [5.41, 5.74) is 1.99. The van der Waals surface area contributed by atoms with Crippen molar-refractivity contribution in [2.45, 2.75) is 70.4 Å². The molecule has 0 spiro atoms. The topological polar surface area (TPSA) is 64.6 Å². The third-order valence-corrected chi connectivity index (χ3v) is 7.92. The van der Waals surface area contributed by atoms with Crippen LogP contribution in [0.25, 0.3) is 0 Å². The number of aryl methyl sites for hydroxylation is 1. The van der Waals surface area contributed by atoms with E-state index in [0.29, 0.717) is 12.1 Å². The van der Waals surface area contributed by atoms with Crippen LogP contribution in [0.5, 0.6) is 0 Å². The molecule has 3 saturated heterocycles. The summed E-state index contributed by atoms with van der Waals surface area (Å²) < 4.78 is 0. The van der Waals surface area contributed by atoms with Gasteiger partial charge in [-0.1, -0.05) is 30.5 Å². The number of aromatic nitrogens is 2. The van der Waals surface area contributed by atoms with Gasteiger partial charge in [0.25, 0.3) is 5.91 Å². The molecule has 1 N–H and O–H groups in total. The fourth-order valence-electron chi connectivity index (χ4n) is 5.85. The zero-order valence-corrected chi connectivity index (χ0v) is 21.2. The van der Waals surface area contributed by atoms with E-state index in [1.807, 2.05) is 35.4 Å². The number of amides is 1. The monoisotopic (exact) mass is 476 g/mol. The summed E-state index contributed by atoms with van der Waals surface area (Å²) in [6, 6.07) is 10.9. The fourth-order valence-corrected chi connectivity index (χ4v) is 5.85. The molecule has 188 valence electrons. The van der Waals surface area contributed by atoms with Crippen molar-refractivity contribution in [3.8, 4) is 0 Å². The first kappa shape index (κ1) is 24.0. The summed E-state index contributed by atoms with van der Waals surface area (Å²) in [7, 11) is 0. The molecule has 35 heavy (non-hydrogen) atoms. The van der Waals surface area contributed by atoms with E-state index in [2.05, 4.69) is 33.1 Å². The Hall–Kier alpha value is -2.67. The molecule has 3 aliphatic heterocycles. The van der Waals surface area contributed by atoms with Crippen LogP contribution < -0.4 is 10.2 Å². The first-order chi connectivity index (χ1) is 17.2. The maximum atomic E-state index is 12.9. The van der Waals surface area contributed by atoms with Gasteiger partial charge in [0.1, 0.15) is 5.82 Å². The highest BCUT2D eigenvalue weighted by atomic mass is 16.2. The van der Waals surface area contributed by atoms with Gasteiger partial charge in [0.15, 0.2) is 0 Å². The Morgan fingerprint density at radius 1 is 0.886 bits per heavy atom. The molecule has 1 amide bonds. The number of nitrogens with zero attached hydrogens (tertiary/aromatic N) is 5. The number of hydrogen-bond acceptors (Lipinski definition) is 6. The van der Waals surface area contributed by atoms with Crippen molar-refractivity contribution in [3.05, 3.63) is 47.7 Å². The van der Waals surface area contributed by atoms with Crippen molar-refractivity contribution < 1.29 is 4.79 Å². The van der Waals surface area contributed by atoms with Gasteiger partial charge in [0, 0.05) is 56.6 Å². The zero-order chi connectivity index (χ0) is 24.0.